The minimum atomic E-state index is -0.545. The number of nitrogens with one attached hydrogen (secondary N) is 1. The van der Waals surface area contributed by atoms with E-state index >= 15 is 0 Å². The molecule has 5 heteroatoms. The lowest BCUT2D eigenvalue weighted by Gasteiger charge is -2.06. The molecule has 2 nitrogen and oxygen atoms in total. The second kappa shape index (κ2) is 5.14. The zero-order valence-electron chi connectivity index (χ0n) is 9.08. The van der Waals surface area contributed by atoms with Crippen LogP contribution in [-0.4, -0.2) is 5.91 Å². The molecule has 2 aromatic carbocycles. The van der Waals surface area contributed by atoms with Crippen molar-refractivity contribution in [1.29, 1.82) is 0 Å². The van der Waals surface area contributed by atoms with Gasteiger partial charge in [-0.15, -0.1) is 0 Å². The molecule has 0 aliphatic carbocycles. The first-order valence-electron chi connectivity index (χ1n) is 5.07. The average Bonchev–Trinajstić information content (AvgIpc) is 2.28. The fourth-order valence-electron chi connectivity index (χ4n) is 1.43. The molecule has 0 aliphatic rings. The van der Waals surface area contributed by atoms with Gasteiger partial charge in [0.05, 0.1) is 0 Å². The van der Waals surface area contributed by atoms with Gasteiger partial charge in [0, 0.05) is 16.3 Å². The highest BCUT2D eigenvalue weighted by molar-refractivity contribution is 6.31. The van der Waals surface area contributed by atoms with E-state index in [0.717, 1.165) is 12.1 Å². The summed E-state index contributed by atoms with van der Waals surface area (Å²) in [6.07, 6.45) is 0. The zero-order valence-corrected chi connectivity index (χ0v) is 9.84. The molecule has 0 aromatic heterocycles. The highest BCUT2D eigenvalue weighted by atomic mass is 35.5. The molecule has 2 aromatic rings. The molecule has 0 saturated heterocycles. The number of carbonyl (C=O) groups is 1. The lowest BCUT2D eigenvalue weighted by atomic mass is 10.2. The standard InChI is InChI=1S/C13H8ClF2NO/c14-9-5-11(16)7-12(6-9)17-13(18)8-1-3-10(15)4-2-8/h1-7H,(H,17,18). The predicted molar refractivity (Wildman–Crippen MR) is 65.8 cm³/mol. The Morgan fingerprint density at radius 2 is 1.67 bits per heavy atom. The number of hydrogen-bond acceptors (Lipinski definition) is 1. The Balaban J connectivity index is 2.18. The Morgan fingerprint density at radius 3 is 2.28 bits per heavy atom. The van der Waals surface area contributed by atoms with Gasteiger partial charge < -0.3 is 5.32 Å². The molecule has 0 atom stereocenters. The summed E-state index contributed by atoms with van der Waals surface area (Å²) in [5.74, 6) is -1.44. The molecule has 1 amide bonds. The van der Waals surface area contributed by atoms with E-state index in [1.54, 1.807) is 0 Å². The Hall–Kier alpha value is -1.94. The molecule has 1 N–H and O–H groups in total. The first-order valence-corrected chi connectivity index (χ1v) is 5.45. The second-order valence-electron chi connectivity index (χ2n) is 3.62. The third-order valence-electron chi connectivity index (χ3n) is 2.23. The van der Waals surface area contributed by atoms with Crippen molar-refractivity contribution in [3.8, 4) is 0 Å². The van der Waals surface area contributed by atoms with Crippen LogP contribution in [0.4, 0.5) is 14.5 Å². The van der Waals surface area contributed by atoms with Gasteiger partial charge >= 0.3 is 0 Å². The quantitative estimate of drug-likeness (QED) is 0.879. The third kappa shape index (κ3) is 3.05. The maximum atomic E-state index is 13.0. The summed E-state index contributed by atoms with van der Waals surface area (Å²) in [5.41, 5.74) is 0.520. The van der Waals surface area contributed by atoms with Crippen LogP contribution in [0.25, 0.3) is 0 Å². The number of carbonyl (C=O) groups excluding carboxylic acids is 1. The van der Waals surface area contributed by atoms with E-state index < -0.39 is 17.5 Å². The van der Waals surface area contributed by atoms with Crippen LogP contribution in [0.15, 0.2) is 42.5 Å². The van der Waals surface area contributed by atoms with Gasteiger partial charge in [0.25, 0.3) is 5.91 Å². The maximum Gasteiger partial charge on any atom is 0.255 e. The summed E-state index contributed by atoms with van der Waals surface area (Å²) in [6, 6.07) is 8.73. The van der Waals surface area contributed by atoms with E-state index in [9.17, 15) is 13.6 Å². The van der Waals surface area contributed by atoms with Crippen molar-refractivity contribution in [3.05, 3.63) is 64.7 Å². The smallest absolute Gasteiger partial charge is 0.255 e. The summed E-state index contributed by atoms with van der Waals surface area (Å²) < 4.78 is 25.7. The van der Waals surface area contributed by atoms with Crippen molar-refractivity contribution in [2.75, 3.05) is 5.32 Å². The van der Waals surface area contributed by atoms with Crippen LogP contribution in [0.1, 0.15) is 10.4 Å². The van der Waals surface area contributed by atoms with Crippen LogP contribution < -0.4 is 5.32 Å². The maximum absolute atomic E-state index is 13.0. The van der Waals surface area contributed by atoms with Crippen molar-refractivity contribution < 1.29 is 13.6 Å². The van der Waals surface area contributed by atoms with Crippen molar-refractivity contribution in [2.24, 2.45) is 0 Å². The van der Waals surface area contributed by atoms with Gasteiger partial charge in [-0.1, -0.05) is 11.6 Å². The molecule has 0 radical (unpaired) electrons. The minimum Gasteiger partial charge on any atom is -0.322 e. The van der Waals surface area contributed by atoms with E-state index in [0.29, 0.717) is 0 Å². The summed E-state index contributed by atoms with van der Waals surface area (Å²) in [5, 5.41) is 2.66. The molecule has 0 fully saturated rings. The lowest BCUT2D eigenvalue weighted by Crippen LogP contribution is -2.11. The topological polar surface area (TPSA) is 29.1 Å². The number of rotatable bonds is 2. The fraction of sp³-hybridized carbons (Fsp3) is 0. The van der Waals surface area contributed by atoms with E-state index in [1.807, 2.05) is 0 Å². The number of halogens is 3. The van der Waals surface area contributed by atoms with Gasteiger partial charge in [0.15, 0.2) is 0 Å². The van der Waals surface area contributed by atoms with Crippen molar-refractivity contribution >= 4 is 23.2 Å². The fourth-order valence-corrected chi connectivity index (χ4v) is 1.65. The molecule has 0 heterocycles. The van der Waals surface area contributed by atoms with Gasteiger partial charge in [0.2, 0.25) is 0 Å². The largest absolute Gasteiger partial charge is 0.322 e. The highest BCUT2D eigenvalue weighted by Gasteiger charge is 2.07. The van der Waals surface area contributed by atoms with Crippen LogP contribution in [-0.2, 0) is 0 Å². The molecule has 18 heavy (non-hydrogen) atoms. The van der Waals surface area contributed by atoms with Crippen LogP contribution in [0.3, 0.4) is 0 Å². The summed E-state index contributed by atoms with van der Waals surface area (Å²) in [7, 11) is 0. The Labute approximate surface area is 107 Å². The van der Waals surface area contributed by atoms with Crippen LogP contribution in [0, 0.1) is 11.6 Å². The van der Waals surface area contributed by atoms with Crippen molar-refractivity contribution in [1.82, 2.24) is 0 Å². The SMILES string of the molecule is O=C(Nc1cc(F)cc(Cl)c1)c1ccc(F)cc1. The Bertz CT molecular complexity index is 564. The second-order valence-corrected chi connectivity index (χ2v) is 4.06. The number of amides is 1. The normalized spacial score (nSPS) is 10.2. The van der Waals surface area contributed by atoms with Gasteiger partial charge in [-0.25, -0.2) is 8.78 Å². The molecule has 0 saturated carbocycles. The number of hydrogen-bond donors (Lipinski definition) is 1. The lowest BCUT2D eigenvalue weighted by molar-refractivity contribution is 0.102. The van der Waals surface area contributed by atoms with E-state index in [4.69, 9.17) is 11.6 Å². The molecule has 0 aliphatic heterocycles. The third-order valence-corrected chi connectivity index (χ3v) is 2.45. The van der Waals surface area contributed by atoms with Crippen molar-refractivity contribution in [3.63, 3.8) is 0 Å². The summed E-state index contributed by atoms with van der Waals surface area (Å²) in [4.78, 5) is 11.7. The van der Waals surface area contributed by atoms with Crippen molar-refractivity contribution in [2.45, 2.75) is 0 Å². The molecule has 2 rings (SSSR count). The Morgan fingerprint density at radius 1 is 1.00 bits per heavy atom. The monoisotopic (exact) mass is 267 g/mol. The molecular weight excluding hydrogens is 260 g/mol. The molecule has 0 spiro atoms. The van der Waals surface area contributed by atoms with Gasteiger partial charge in [-0.3, -0.25) is 4.79 Å². The molecule has 0 bridgehead atoms. The van der Waals surface area contributed by atoms with Crippen LogP contribution in [0.5, 0.6) is 0 Å². The van der Waals surface area contributed by atoms with E-state index in [1.165, 1.54) is 30.3 Å². The van der Waals surface area contributed by atoms with E-state index in [2.05, 4.69) is 5.32 Å². The summed E-state index contributed by atoms with van der Waals surface area (Å²) in [6.45, 7) is 0. The van der Waals surface area contributed by atoms with E-state index in [-0.39, 0.29) is 16.3 Å². The first kappa shape index (κ1) is 12.5. The number of anilines is 1. The summed E-state index contributed by atoms with van der Waals surface area (Å²) >= 11 is 5.66. The van der Waals surface area contributed by atoms with Gasteiger partial charge in [0.1, 0.15) is 11.6 Å². The highest BCUT2D eigenvalue weighted by Crippen LogP contribution is 2.18. The number of benzene rings is 2. The average molecular weight is 268 g/mol. The molecular formula is C13H8ClF2NO. The first-order chi connectivity index (χ1) is 8.54. The predicted octanol–water partition coefficient (Wildman–Crippen LogP) is 3.87. The molecule has 0 unspecified atom stereocenters. The molecule has 92 valence electrons. The van der Waals surface area contributed by atoms with Gasteiger partial charge in [-0.05, 0) is 42.5 Å². The van der Waals surface area contributed by atoms with Crippen LogP contribution in [0.2, 0.25) is 5.02 Å². The Kier molecular flexibility index (Phi) is 3.58. The zero-order chi connectivity index (χ0) is 13.1. The van der Waals surface area contributed by atoms with Crippen LogP contribution >= 0.6 is 11.6 Å². The minimum absolute atomic E-state index is 0.185. The van der Waals surface area contributed by atoms with Gasteiger partial charge in [-0.2, -0.15) is 0 Å².